The van der Waals surface area contributed by atoms with Crippen molar-refractivity contribution < 1.29 is 14.7 Å². The molecule has 2 heterocycles. The van der Waals surface area contributed by atoms with Crippen LogP contribution in [0.5, 0.6) is 0 Å². The van der Waals surface area contributed by atoms with Crippen LogP contribution in [0.25, 0.3) is 0 Å². The average Bonchev–Trinajstić information content (AvgIpc) is 2.39. The number of carbonyl (C=O) groups excluding carboxylic acids is 1. The van der Waals surface area contributed by atoms with Crippen molar-refractivity contribution in [2.75, 3.05) is 18.0 Å². The predicted molar refractivity (Wildman–Crippen MR) is 67.7 cm³/mol. The van der Waals surface area contributed by atoms with E-state index >= 15 is 0 Å². The summed E-state index contributed by atoms with van der Waals surface area (Å²) in [5.41, 5.74) is 5.12. The molecule has 1 aliphatic rings. The van der Waals surface area contributed by atoms with Gasteiger partial charge in [-0.3, -0.25) is 9.78 Å². The standard InChI is InChI=1S/C12H16N4O3/c13-10(17)5-8-1-3-16(4-2-8)11-7-14-6-9(15-11)12(18)19/h6-8H,1-5H2,(H2,13,17)(H,18,19). The number of hydrogen-bond donors (Lipinski definition) is 2. The molecule has 0 atom stereocenters. The first kappa shape index (κ1) is 13.3. The SMILES string of the molecule is NC(=O)CC1CCN(c2cncc(C(=O)O)n2)CC1. The fraction of sp³-hybridized carbons (Fsp3) is 0.500. The summed E-state index contributed by atoms with van der Waals surface area (Å²) in [7, 11) is 0. The zero-order chi connectivity index (χ0) is 13.8. The van der Waals surface area contributed by atoms with Crippen LogP contribution in [-0.2, 0) is 4.79 Å². The van der Waals surface area contributed by atoms with E-state index in [0.717, 1.165) is 25.9 Å². The average molecular weight is 264 g/mol. The second-order valence-corrected chi connectivity index (χ2v) is 4.67. The molecule has 1 aromatic rings. The summed E-state index contributed by atoms with van der Waals surface area (Å²) in [5, 5.41) is 8.88. The number of nitrogens with two attached hydrogens (primary N) is 1. The number of amides is 1. The van der Waals surface area contributed by atoms with Gasteiger partial charge in [0.2, 0.25) is 5.91 Å². The van der Waals surface area contributed by atoms with Crippen LogP contribution in [0.15, 0.2) is 12.4 Å². The first-order valence-electron chi connectivity index (χ1n) is 6.15. The number of carbonyl (C=O) groups is 2. The Bertz CT molecular complexity index is 484. The molecule has 102 valence electrons. The Morgan fingerprint density at radius 3 is 2.63 bits per heavy atom. The lowest BCUT2D eigenvalue weighted by atomic mass is 9.93. The van der Waals surface area contributed by atoms with Gasteiger partial charge in [0.1, 0.15) is 5.82 Å². The molecule has 0 unspecified atom stereocenters. The summed E-state index contributed by atoms with van der Waals surface area (Å²) >= 11 is 0. The van der Waals surface area contributed by atoms with Crippen molar-refractivity contribution in [1.82, 2.24) is 9.97 Å². The Morgan fingerprint density at radius 1 is 1.37 bits per heavy atom. The topological polar surface area (TPSA) is 109 Å². The van der Waals surface area contributed by atoms with E-state index in [1.54, 1.807) is 6.20 Å². The van der Waals surface area contributed by atoms with Crippen LogP contribution in [0.3, 0.4) is 0 Å². The zero-order valence-corrected chi connectivity index (χ0v) is 10.5. The lowest BCUT2D eigenvalue weighted by molar-refractivity contribution is -0.119. The maximum Gasteiger partial charge on any atom is 0.356 e. The van der Waals surface area contributed by atoms with E-state index in [0.29, 0.717) is 18.2 Å². The minimum Gasteiger partial charge on any atom is -0.476 e. The molecular weight excluding hydrogens is 248 g/mol. The quantitative estimate of drug-likeness (QED) is 0.807. The number of carboxylic acid groups (broad SMARTS) is 1. The van der Waals surface area contributed by atoms with E-state index in [2.05, 4.69) is 9.97 Å². The van der Waals surface area contributed by atoms with Crippen LogP contribution in [0, 0.1) is 5.92 Å². The van der Waals surface area contributed by atoms with Crippen LogP contribution in [-0.4, -0.2) is 40.0 Å². The second-order valence-electron chi connectivity index (χ2n) is 4.67. The molecule has 1 saturated heterocycles. The normalized spacial score (nSPS) is 16.3. The van der Waals surface area contributed by atoms with Crippen LogP contribution < -0.4 is 10.6 Å². The molecule has 0 radical (unpaired) electrons. The van der Waals surface area contributed by atoms with Crippen LogP contribution in [0.2, 0.25) is 0 Å². The number of nitrogens with zero attached hydrogens (tertiary/aromatic N) is 3. The monoisotopic (exact) mass is 264 g/mol. The van der Waals surface area contributed by atoms with Crippen molar-refractivity contribution in [1.29, 1.82) is 0 Å². The largest absolute Gasteiger partial charge is 0.476 e. The molecule has 0 aromatic carbocycles. The zero-order valence-electron chi connectivity index (χ0n) is 10.5. The molecule has 0 bridgehead atoms. The molecule has 3 N–H and O–H groups in total. The third-order valence-electron chi connectivity index (χ3n) is 3.27. The molecule has 0 aliphatic carbocycles. The Morgan fingerprint density at radius 2 is 2.05 bits per heavy atom. The van der Waals surface area contributed by atoms with E-state index in [-0.39, 0.29) is 11.6 Å². The molecule has 19 heavy (non-hydrogen) atoms. The van der Waals surface area contributed by atoms with Gasteiger partial charge in [-0.05, 0) is 18.8 Å². The van der Waals surface area contributed by atoms with Gasteiger partial charge in [-0.2, -0.15) is 0 Å². The number of carboxylic acids is 1. The molecule has 7 heteroatoms. The first-order chi connectivity index (χ1) is 9.06. The maximum absolute atomic E-state index is 10.9. The van der Waals surface area contributed by atoms with E-state index in [9.17, 15) is 9.59 Å². The van der Waals surface area contributed by atoms with Crippen molar-refractivity contribution in [3.05, 3.63) is 18.1 Å². The summed E-state index contributed by atoms with van der Waals surface area (Å²) in [6.45, 7) is 1.46. The van der Waals surface area contributed by atoms with E-state index in [4.69, 9.17) is 10.8 Å². The minimum absolute atomic E-state index is 0.0586. The van der Waals surface area contributed by atoms with Gasteiger partial charge < -0.3 is 15.7 Å². The van der Waals surface area contributed by atoms with Crippen molar-refractivity contribution >= 4 is 17.7 Å². The van der Waals surface area contributed by atoms with E-state index < -0.39 is 5.97 Å². The van der Waals surface area contributed by atoms with Crippen molar-refractivity contribution in [3.63, 3.8) is 0 Å². The lowest BCUT2D eigenvalue weighted by Crippen LogP contribution is -2.35. The molecular formula is C12H16N4O3. The Hall–Kier alpha value is -2.18. The number of hydrogen-bond acceptors (Lipinski definition) is 5. The summed E-state index contributed by atoms with van der Waals surface area (Å²) < 4.78 is 0. The number of anilines is 1. The Kier molecular flexibility index (Phi) is 3.94. The lowest BCUT2D eigenvalue weighted by Gasteiger charge is -2.32. The van der Waals surface area contributed by atoms with E-state index in [1.807, 2.05) is 4.90 Å². The summed E-state index contributed by atoms with van der Waals surface area (Å²) in [4.78, 5) is 31.6. The van der Waals surface area contributed by atoms with Crippen molar-refractivity contribution in [3.8, 4) is 0 Å². The highest BCUT2D eigenvalue weighted by Crippen LogP contribution is 2.23. The first-order valence-corrected chi connectivity index (χ1v) is 6.15. The van der Waals surface area contributed by atoms with Gasteiger partial charge in [-0.1, -0.05) is 0 Å². The van der Waals surface area contributed by atoms with Gasteiger partial charge in [-0.25, -0.2) is 9.78 Å². The van der Waals surface area contributed by atoms with Crippen molar-refractivity contribution in [2.45, 2.75) is 19.3 Å². The smallest absolute Gasteiger partial charge is 0.356 e. The molecule has 1 amide bonds. The predicted octanol–water partition coefficient (Wildman–Crippen LogP) is 0.267. The number of primary amides is 1. The van der Waals surface area contributed by atoms with Gasteiger partial charge in [0.25, 0.3) is 0 Å². The fourth-order valence-electron chi connectivity index (χ4n) is 2.26. The van der Waals surface area contributed by atoms with Crippen LogP contribution >= 0.6 is 0 Å². The molecule has 0 saturated carbocycles. The van der Waals surface area contributed by atoms with Gasteiger partial charge in [0.05, 0.1) is 12.4 Å². The summed E-state index contributed by atoms with van der Waals surface area (Å²) in [6, 6.07) is 0. The molecule has 2 rings (SSSR count). The van der Waals surface area contributed by atoms with Gasteiger partial charge in [-0.15, -0.1) is 0 Å². The Balaban J connectivity index is 1.99. The highest BCUT2D eigenvalue weighted by molar-refractivity contribution is 5.85. The molecule has 7 nitrogen and oxygen atoms in total. The molecule has 1 fully saturated rings. The van der Waals surface area contributed by atoms with E-state index in [1.165, 1.54) is 6.20 Å². The molecule has 1 aromatic heterocycles. The Labute approximate surface area is 110 Å². The highest BCUT2D eigenvalue weighted by Gasteiger charge is 2.22. The summed E-state index contributed by atoms with van der Waals surface area (Å²) in [6.07, 6.45) is 4.89. The minimum atomic E-state index is -1.09. The number of aromatic nitrogens is 2. The fourth-order valence-corrected chi connectivity index (χ4v) is 2.26. The van der Waals surface area contributed by atoms with Crippen molar-refractivity contribution in [2.24, 2.45) is 11.7 Å². The maximum atomic E-state index is 10.9. The molecule has 0 spiro atoms. The highest BCUT2D eigenvalue weighted by atomic mass is 16.4. The summed E-state index contributed by atoms with van der Waals surface area (Å²) in [5.74, 6) is -0.481. The van der Waals surface area contributed by atoms with Crippen LogP contribution in [0.1, 0.15) is 29.8 Å². The van der Waals surface area contributed by atoms with Crippen LogP contribution in [0.4, 0.5) is 5.82 Å². The second kappa shape index (κ2) is 5.64. The number of rotatable bonds is 4. The number of aromatic carboxylic acids is 1. The van der Waals surface area contributed by atoms with Gasteiger partial charge in [0.15, 0.2) is 5.69 Å². The van der Waals surface area contributed by atoms with Gasteiger partial charge in [0, 0.05) is 19.5 Å². The third kappa shape index (κ3) is 3.40. The third-order valence-corrected chi connectivity index (χ3v) is 3.27. The molecule has 1 aliphatic heterocycles. The van der Waals surface area contributed by atoms with Gasteiger partial charge >= 0.3 is 5.97 Å². The number of piperidine rings is 1.